The summed E-state index contributed by atoms with van der Waals surface area (Å²) >= 11 is 0. The SMILES string of the molecule is CO[C@@H]1C[C@H](C(=O)Nc2ccc(-n3cccc(S(=O)(=O)NC(C)=O)c3=O)cc2F)N(C(=O)O)C1. The average Bonchev–Trinajstić information content (AvgIpc) is 3.19. The first-order valence-corrected chi connectivity index (χ1v) is 11.3. The van der Waals surface area contributed by atoms with E-state index in [-0.39, 0.29) is 24.3 Å². The van der Waals surface area contributed by atoms with Crippen molar-refractivity contribution < 1.29 is 37.0 Å². The number of likely N-dealkylation sites (tertiary alicyclic amines) is 1. The molecule has 0 bridgehead atoms. The van der Waals surface area contributed by atoms with Crippen LogP contribution in [0.15, 0.2) is 46.2 Å². The van der Waals surface area contributed by atoms with Gasteiger partial charge in [0, 0.05) is 32.7 Å². The van der Waals surface area contributed by atoms with Crippen molar-refractivity contribution in [3.05, 3.63) is 52.7 Å². The minimum atomic E-state index is -4.43. The second-order valence-corrected chi connectivity index (χ2v) is 9.06. The monoisotopic (exact) mass is 496 g/mol. The number of anilines is 1. The molecule has 0 aliphatic carbocycles. The van der Waals surface area contributed by atoms with Gasteiger partial charge in [0.25, 0.3) is 15.6 Å². The van der Waals surface area contributed by atoms with Crippen LogP contribution in [0.4, 0.5) is 14.9 Å². The fourth-order valence-electron chi connectivity index (χ4n) is 3.53. The number of methoxy groups -OCH3 is 1. The zero-order valence-corrected chi connectivity index (χ0v) is 18.8. The van der Waals surface area contributed by atoms with Gasteiger partial charge in [-0.15, -0.1) is 0 Å². The van der Waals surface area contributed by atoms with E-state index in [2.05, 4.69) is 5.32 Å². The van der Waals surface area contributed by atoms with Crippen molar-refractivity contribution in [2.75, 3.05) is 19.0 Å². The van der Waals surface area contributed by atoms with Gasteiger partial charge in [0.2, 0.25) is 11.8 Å². The molecule has 0 radical (unpaired) electrons. The maximum absolute atomic E-state index is 14.8. The highest BCUT2D eigenvalue weighted by molar-refractivity contribution is 7.90. The van der Waals surface area contributed by atoms with Gasteiger partial charge in [-0.05, 0) is 24.3 Å². The molecule has 0 spiro atoms. The van der Waals surface area contributed by atoms with Gasteiger partial charge in [0.05, 0.1) is 24.0 Å². The highest BCUT2D eigenvalue weighted by atomic mass is 32.2. The number of halogens is 1. The number of carboxylic acid groups (broad SMARTS) is 1. The van der Waals surface area contributed by atoms with Gasteiger partial charge in [0.1, 0.15) is 11.9 Å². The predicted molar refractivity (Wildman–Crippen MR) is 116 cm³/mol. The van der Waals surface area contributed by atoms with Crippen molar-refractivity contribution >= 4 is 33.6 Å². The summed E-state index contributed by atoms with van der Waals surface area (Å²) in [5, 5.41) is 11.6. The van der Waals surface area contributed by atoms with Crippen LogP contribution < -0.4 is 15.6 Å². The van der Waals surface area contributed by atoms with E-state index in [1.165, 1.54) is 25.4 Å². The highest BCUT2D eigenvalue weighted by Crippen LogP contribution is 2.23. The smallest absolute Gasteiger partial charge is 0.408 e. The van der Waals surface area contributed by atoms with Crippen molar-refractivity contribution in [2.45, 2.75) is 30.4 Å². The zero-order valence-electron chi connectivity index (χ0n) is 18.0. The molecule has 3 rings (SSSR count). The number of hydrogen-bond donors (Lipinski definition) is 3. The predicted octanol–water partition coefficient (Wildman–Crippen LogP) is 0.507. The summed E-state index contributed by atoms with van der Waals surface area (Å²) in [6.45, 7) is 0.962. The number of rotatable bonds is 6. The minimum absolute atomic E-state index is 0.00795. The number of amides is 3. The highest BCUT2D eigenvalue weighted by Gasteiger charge is 2.40. The molecule has 2 atom stereocenters. The van der Waals surface area contributed by atoms with Crippen LogP contribution in [0.5, 0.6) is 0 Å². The summed E-state index contributed by atoms with van der Waals surface area (Å²) in [6, 6.07) is 4.45. The Morgan fingerprint density at radius 2 is 1.94 bits per heavy atom. The molecule has 0 saturated carbocycles. The molecule has 2 heterocycles. The van der Waals surface area contributed by atoms with Crippen molar-refractivity contribution in [1.82, 2.24) is 14.2 Å². The summed E-state index contributed by atoms with van der Waals surface area (Å²) in [7, 11) is -3.04. The Kier molecular flexibility index (Phi) is 7.02. The zero-order chi connectivity index (χ0) is 25.2. The average molecular weight is 496 g/mol. The lowest BCUT2D eigenvalue weighted by Crippen LogP contribution is -2.42. The summed E-state index contributed by atoms with van der Waals surface area (Å²) in [5.41, 5.74) is -1.34. The molecule has 1 aliphatic rings. The lowest BCUT2D eigenvalue weighted by atomic mass is 10.1. The molecule has 1 aromatic heterocycles. The fourth-order valence-corrected chi connectivity index (χ4v) is 4.60. The molecule has 12 nitrogen and oxygen atoms in total. The van der Waals surface area contributed by atoms with Gasteiger partial charge >= 0.3 is 6.09 Å². The van der Waals surface area contributed by atoms with E-state index in [1.807, 2.05) is 0 Å². The lowest BCUT2D eigenvalue weighted by Gasteiger charge is -2.20. The third kappa shape index (κ3) is 5.07. The second kappa shape index (κ2) is 9.61. The van der Waals surface area contributed by atoms with Crippen LogP contribution in [0.2, 0.25) is 0 Å². The third-order valence-corrected chi connectivity index (χ3v) is 6.56. The fraction of sp³-hybridized carbons (Fsp3) is 0.300. The van der Waals surface area contributed by atoms with Crippen LogP contribution in [-0.2, 0) is 24.3 Å². The minimum Gasteiger partial charge on any atom is -0.465 e. The first-order chi connectivity index (χ1) is 15.9. The van der Waals surface area contributed by atoms with Crippen molar-refractivity contribution in [3.8, 4) is 5.69 Å². The normalized spacial score (nSPS) is 17.9. The van der Waals surface area contributed by atoms with Gasteiger partial charge in [0.15, 0.2) is 4.90 Å². The summed E-state index contributed by atoms with van der Waals surface area (Å²) < 4.78 is 46.8. The number of pyridine rings is 1. The lowest BCUT2D eigenvalue weighted by molar-refractivity contribution is -0.120. The van der Waals surface area contributed by atoms with E-state index in [0.29, 0.717) is 0 Å². The first-order valence-electron chi connectivity index (χ1n) is 9.82. The topological polar surface area (TPSA) is 164 Å². The van der Waals surface area contributed by atoms with E-state index in [1.54, 1.807) is 4.72 Å². The molecule has 3 N–H and O–H groups in total. The Bertz CT molecular complexity index is 1310. The molecule has 34 heavy (non-hydrogen) atoms. The molecule has 3 amide bonds. The maximum atomic E-state index is 14.8. The maximum Gasteiger partial charge on any atom is 0.408 e. The largest absolute Gasteiger partial charge is 0.465 e. The van der Waals surface area contributed by atoms with Gasteiger partial charge in [-0.25, -0.2) is 22.3 Å². The summed E-state index contributed by atoms with van der Waals surface area (Å²) in [6.07, 6.45) is -0.494. The molecule has 2 aromatic rings. The quantitative estimate of drug-likeness (QED) is 0.521. The van der Waals surface area contributed by atoms with Crippen LogP contribution in [0.1, 0.15) is 13.3 Å². The molecule has 1 aromatic carbocycles. The number of hydrogen-bond acceptors (Lipinski definition) is 7. The van der Waals surface area contributed by atoms with Gasteiger partial charge in [-0.3, -0.25) is 23.9 Å². The standard InChI is InChI=1S/C20H21FN4O8S/c1-11(26)23-34(31,32)17-4-3-7-24(19(17)28)12-5-6-15(14(21)8-12)22-18(27)16-9-13(33-2)10-25(16)20(29)30/h3-8,13,16H,9-10H2,1-2H3,(H,22,27)(H,23,26)(H,29,30)/t13-,16-/m1/s1. The van der Waals surface area contributed by atoms with Crippen LogP contribution >= 0.6 is 0 Å². The van der Waals surface area contributed by atoms with Crippen LogP contribution in [-0.4, -0.2) is 66.7 Å². The first kappa shape index (κ1) is 24.9. The van der Waals surface area contributed by atoms with Gasteiger partial charge in [-0.2, -0.15) is 0 Å². The van der Waals surface area contributed by atoms with Crippen molar-refractivity contribution in [3.63, 3.8) is 0 Å². The Labute approximate surface area is 193 Å². The van der Waals surface area contributed by atoms with Crippen molar-refractivity contribution in [1.29, 1.82) is 0 Å². The van der Waals surface area contributed by atoms with Gasteiger partial charge < -0.3 is 15.2 Å². The molecular weight excluding hydrogens is 475 g/mol. The number of aromatic nitrogens is 1. The Morgan fingerprint density at radius 1 is 1.24 bits per heavy atom. The molecule has 1 fully saturated rings. The number of carbonyl (C=O) groups is 3. The molecule has 14 heteroatoms. The van der Waals surface area contributed by atoms with E-state index in [9.17, 15) is 37.1 Å². The van der Waals surface area contributed by atoms with Crippen molar-refractivity contribution in [2.24, 2.45) is 0 Å². The molecule has 0 unspecified atom stereocenters. The molecule has 1 aliphatic heterocycles. The Hall–Kier alpha value is -3.78. The summed E-state index contributed by atoms with van der Waals surface area (Å²) in [5.74, 6) is -2.59. The van der Waals surface area contributed by atoms with E-state index in [4.69, 9.17) is 4.74 Å². The van der Waals surface area contributed by atoms with Crippen LogP contribution in [0.25, 0.3) is 5.69 Å². The Balaban J connectivity index is 1.87. The van der Waals surface area contributed by atoms with E-state index >= 15 is 0 Å². The number of ether oxygens (including phenoxy) is 1. The molecule has 182 valence electrons. The van der Waals surface area contributed by atoms with Gasteiger partial charge in [-0.1, -0.05) is 0 Å². The molecule has 1 saturated heterocycles. The van der Waals surface area contributed by atoms with Crippen LogP contribution in [0, 0.1) is 5.82 Å². The second-order valence-electron chi connectivity index (χ2n) is 7.41. The van der Waals surface area contributed by atoms with Crippen LogP contribution in [0.3, 0.4) is 0 Å². The third-order valence-electron chi connectivity index (χ3n) is 5.11. The number of nitrogens with one attached hydrogen (secondary N) is 2. The summed E-state index contributed by atoms with van der Waals surface area (Å²) in [4.78, 5) is 48.0. The number of nitrogens with zero attached hydrogens (tertiary/aromatic N) is 2. The number of sulfonamides is 1. The number of carbonyl (C=O) groups excluding carboxylic acids is 2. The van der Waals surface area contributed by atoms with E-state index in [0.717, 1.165) is 34.6 Å². The number of benzene rings is 1. The van der Waals surface area contributed by atoms with E-state index < -0.39 is 56.3 Å². The molecular formula is C20H21FN4O8S. The Morgan fingerprint density at radius 3 is 2.53 bits per heavy atom.